The van der Waals surface area contributed by atoms with E-state index in [1.165, 1.54) is 6.42 Å². The molecule has 2 bridgehead atoms. The van der Waals surface area contributed by atoms with Crippen molar-refractivity contribution < 1.29 is 24.3 Å². The highest BCUT2D eigenvalue weighted by atomic mass is 16.7. The number of hydroxylamine groups is 2. The Labute approximate surface area is 337 Å². The van der Waals surface area contributed by atoms with Crippen molar-refractivity contribution in [1.82, 2.24) is 25.5 Å². The molecule has 1 heterocycles. The highest BCUT2D eigenvalue weighted by Crippen LogP contribution is 2.61. The topological polar surface area (TPSA) is 110 Å². The minimum atomic E-state index is -0.774. The van der Waals surface area contributed by atoms with Crippen LogP contribution in [0.5, 0.6) is 5.75 Å². The molecule has 2 amide bonds. The molecular weight excluding hydrogens is 705 g/mol. The number of para-hydroxylation sites is 1. The Morgan fingerprint density at radius 1 is 1.05 bits per heavy atom. The number of aliphatic hydroxyl groups excluding tert-OH is 1. The van der Waals surface area contributed by atoms with Crippen molar-refractivity contribution in [3.63, 3.8) is 0 Å². The van der Waals surface area contributed by atoms with Gasteiger partial charge in [0.2, 0.25) is 5.91 Å². The first-order valence-corrected chi connectivity index (χ1v) is 20.6. The molecule has 11 nitrogen and oxygen atoms in total. The first kappa shape index (κ1) is 43.9. The van der Waals surface area contributed by atoms with Gasteiger partial charge in [0, 0.05) is 67.6 Å². The van der Waals surface area contributed by atoms with Gasteiger partial charge in [0.1, 0.15) is 11.8 Å². The lowest BCUT2D eigenvalue weighted by atomic mass is 9.45. The van der Waals surface area contributed by atoms with Crippen LogP contribution in [0.1, 0.15) is 83.7 Å². The molecule has 56 heavy (non-hydrogen) atoms. The number of amides is 2. The Hall–Kier alpha value is -3.22. The maximum absolute atomic E-state index is 14.5. The Morgan fingerprint density at radius 2 is 1.75 bits per heavy atom. The number of benzene rings is 2. The predicted molar refractivity (Wildman–Crippen MR) is 226 cm³/mol. The summed E-state index contributed by atoms with van der Waals surface area (Å²) in [4.78, 5) is 41.3. The summed E-state index contributed by atoms with van der Waals surface area (Å²) < 4.78 is 6.18. The highest BCUT2D eigenvalue weighted by molar-refractivity contribution is 5.97. The molecule has 9 atom stereocenters. The average Bonchev–Trinajstić information content (AvgIpc) is 3.44. The van der Waals surface area contributed by atoms with Crippen molar-refractivity contribution in [3.8, 4) is 16.9 Å². The van der Waals surface area contributed by atoms with Crippen LogP contribution < -0.4 is 20.3 Å². The number of hydrogen-bond donors (Lipinski definition) is 3. The lowest BCUT2D eigenvalue weighted by molar-refractivity contribution is -0.179. The van der Waals surface area contributed by atoms with Gasteiger partial charge in [-0.25, -0.2) is 0 Å². The standard InChI is InChI=1S/C45H72N6O5/c1-27-36-21-32(45(36,6)7)22-37(27)47-43(54)40-39(28(2)52)38(26-49(10)11)56-51(40)24-29-16-15-17-35(41(29)55-14)30-18-31(20-34(19-30)50(12)13)42(53)46-33(25-48(8)9)23-44(3,4)5/h15-20,27-28,32-33,36-40,52H,21-26H2,1-14H3,(H,46,53)(H,47,54)/t27-,28-,32-,33-,36+,37-,38-,39+,40-/m0/s1. The number of nitrogens with zero attached hydrogens (tertiary/aromatic N) is 4. The van der Waals surface area contributed by atoms with Crippen LogP contribution in [0.15, 0.2) is 36.4 Å². The van der Waals surface area contributed by atoms with Gasteiger partial charge >= 0.3 is 0 Å². The zero-order chi connectivity index (χ0) is 41.4. The van der Waals surface area contributed by atoms with Gasteiger partial charge < -0.3 is 35.2 Å². The summed E-state index contributed by atoms with van der Waals surface area (Å²) in [6, 6.07) is 11.3. The number of fused-ring (bicyclic) bond motifs is 2. The van der Waals surface area contributed by atoms with E-state index in [4.69, 9.17) is 9.57 Å². The third-order valence-corrected chi connectivity index (χ3v) is 12.8. The molecule has 4 aliphatic rings. The maximum atomic E-state index is 14.5. The van der Waals surface area contributed by atoms with Crippen molar-refractivity contribution in [3.05, 3.63) is 47.5 Å². The van der Waals surface area contributed by atoms with E-state index in [2.05, 4.69) is 63.1 Å². The van der Waals surface area contributed by atoms with E-state index in [1.54, 1.807) is 19.1 Å². The van der Waals surface area contributed by atoms with E-state index in [-0.39, 0.29) is 35.9 Å². The minimum Gasteiger partial charge on any atom is -0.496 e. The number of methoxy groups -OCH3 is 1. The number of anilines is 1. The molecule has 2 aromatic rings. The molecule has 4 fully saturated rings. The van der Waals surface area contributed by atoms with Crippen molar-refractivity contribution in [2.45, 2.75) is 105 Å². The third-order valence-electron chi connectivity index (χ3n) is 12.8. The maximum Gasteiger partial charge on any atom is 0.251 e. The molecule has 3 N–H and O–H groups in total. The van der Waals surface area contributed by atoms with Gasteiger partial charge in [-0.2, -0.15) is 5.06 Å². The van der Waals surface area contributed by atoms with Gasteiger partial charge in [-0.05, 0) is 107 Å². The van der Waals surface area contributed by atoms with E-state index >= 15 is 0 Å². The number of likely N-dealkylation sites (N-methyl/N-ethyl adjacent to an activating group) is 2. The quantitative estimate of drug-likeness (QED) is 0.208. The number of hydrogen-bond acceptors (Lipinski definition) is 9. The number of ether oxygens (including phenoxy) is 1. The second kappa shape index (κ2) is 17.3. The fourth-order valence-electron chi connectivity index (χ4n) is 9.96. The van der Waals surface area contributed by atoms with Gasteiger partial charge in [0.15, 0.2) is 0 Å². The molecule has 6 rings (SSSR count). The second-order valence-electron chi connectivity index (χ2n) is 19.7. The van der Waals surface area contributed by atoms with Gasteiger partial charge in [0.05, 0.1) is 25.9 Å². The largest absolute Gasteiger partial charge is 0.496 e. The van der Waals surface area contributed by atoms with Crippen LogP contribution in [-0.4, -0.2) is 125 Å². The van der Waals surface area contributed by atoms with E-state index in [0.29, 0.717) is 41.0 Å². The van der Waals surface area contributed by atoms with Gasteiger partial charge in [-0.1, -0.05) is 59.7 Å². The van der Waals surface area contributed by atoms with E-state index < -0.39 is 24.2 Å². The molecule has 3 saturated carbocycles. The molecular formula is C45H72N6O5. The molecule has 0 radical (unpaired) electrons. The first-order valence-electron chi connectivity index (χ1n) is 20.6. The summed E-state index contributed by atoms with van der Waals surface area (Å²) in [5.74, 6) is 1.54. The zero-order valence-electron chi connectivity index (χ0n) is 36.8. The van der Waals surface area contributed by atoms with Crippen LogP contribution in [0.3, 0.4) is 0 Å². The van der Waals surface area contributed by atoms with Gasteiger partial charge in [-0.3, -0.25) is 14.4 Å². The molecule has 0 spiro atoms. The molecule has 3 aliphatic carbocycles. The lowest BCUT2D eigenvalue weighted by Crippen LogP contribution is -2.62. The van der Waals surface area contributed by atoms with Crippen LogP contribution >= 0.6 is 0 Å². The monoisotopic (exact) mass is 777 g/mol. The summed E-state index contributed by atoms with van der Waals surface area (Å²) in [5, 5.41) is 19.8. The van der Waals surface area contributed by atoms with Crippen molar-refractivity contribution in [2.24, 2.45) is 34.5 Å². The third kappa shape index (κ3) is 9.72. The van der Waals surface area contributed by atoms with Crippen LogP contribution in [0, 0.1) is 34.5 Å². The van der Waals surface area contributed by atoms with E-state index in [9.17, 15) is 14.7 Å². The number of aliphatic hydroxyl groups is 1. The Balaban J connectivity index is 1.47. The van der Waals surface area contributed by atoms with Crippen LogP contribution in [0.25, 0.3) is 11.1 Å². The number of nitrogens with one attached hydrogen (secondary N) is 2. The summed E-state index contributed by atoms with van der Waals surface area (Å²) in [7, 11) is 13.6. The number of rotatable bonds is 15. The lowest BCUT2D eigenvalue weighted by Gasteiger charge is -2.62. The van der Waals surface area contributed by atoms with Crippen molar-refractivity contribution in [1.29, 1.82) is 0 Å². The number of carbonyl (C=O) groups is 2. The highest BCUT2D eigenvalue weighted by Gasteiger charge is 2.57. The molecule has 312 valence electrons. The normalized spacial score (nSPS) is 27.1. The summed E-state index contributed by atoms with van der Waals surface area (Å²) in [6.07, 6.45) is 1.88. The Kier molecular flexibility index (Phi) is 13.6. The van der Waals surface area contributed by atoms with Crippen molar-refractivity contribution >= 4 is 17.5 Å². The van der Waals surface area contributed by atoms with Crippen LogP contribution in [0.2, 0.25) is 0 Å². The molecule has 11 heteroatoms. The summed E-state index contributed by atoms with van der Waals surface area (Å²) in [6.45, 7) is 16.9. The molecule has 1 aliphatic heterocycles. The zero-order valence-corrected chi connectivity index (χ0v) is 36.8. The predicted octanol–water partition coefficient (Wildman–Crippen LogP) is 5.75. The number of carbonyl (C=O) groups excluding carboxylic acids is 2. The average molecular weight is 777 g/mol. The molecule has 1 saturated heterocycles. The smallest absolute Gasteiger partial charge is 0.251 e. The fourth-order valence-corrected chi connectivity index (χ4v) is 9.96. The molecule has 2 aromatic carbocycles. The Bertz CT molecular complexity index is 1690. The van der Waals surface area contributed by atoms with Gasteiger partial charge in [0.25, 0.3) is 5.91 Å². The SMILES string of the molecule is COc1c(CN2O[C@@H](CN(C)C)[C@@H]([C@H](C)O)[C@H]2C(=O)N[C@H]2C[C@@H]3C[C@H]([C@@H]2C)C3(C)C)cccc1-c1cc(C(=O)N[C@H](CN(C)C)CC(C)(C)C)cc(N(C)C)c1. The van der Waals surface area contributed by atoms with E-state index in [1.807, 2.05) is 82.4 Å². The fraction of sp³-hybridized carbons (Fsp3) is 0.689. The molecule has 0 aromatic heterocycles. The van der Waals surface area contributed by atoms with E-state index in [0.717, 1.165) is 41.8 Å². The van der Waals surface area contributed by atoms with Crippen LogP contribution in [-0.2, 0) is 16.2 Å². The van der Waals surface area contributed by atoms with Crippen LogP contribution in [0.4, 0.5) is 5.69 Å². The first-order chi connectivity index (χ1) is 26.1. The summed E-state index contributed by atoms with van der Waals surface area (Å²) >= 11 is 0. The summed E-state index contributed by atoms with van der Waals surface area (Å²) in [5.41, 5.74) is 4.33. The Morgan fingerprint density at radius 3 is 2.30 bits per heavy atom. The minimum absolute atomic E-state index is 0.0203. The van der Waals surface area contributed by atoms with Gasteiger partial charge in [-0.15, -0.1) is 0 Å². The second-order valence-corrected chi connectivity index (χ2v) is 19.7. The molecule has 0 unspecified atom stereocenters. The van der Waals surface area contributed by atoms with Crippen molar-refractivity contribution in [2.75, 3.05) is 67.4 Å².